The number of rotatable bonds is 4. The van der Waals surface area contributed by atoms with E-state index in [1.54, 1.807) is 11.3 Å². The Balaban J connectivity index is 0.00000208. The molecule has 0 aliphatic rings. The van der Waals surface area contributed by atoms with Crippen molar-refractivity contribution in [2.75, 3.05) is 14.1 Å². The fourth-order valence-electron chi connectivity index (χ4n) is 2.53. The number of imidazole rings is 1. The quantitative estimate of drug-likeness (QED) is 0.372. The first-order valence-electron chi connectivity index (χ1n) is 7.54. The van der Waals surface area contributed by atoms with Crippen LogP contribution in [0.1, 0.15) is 16.8 Å². The lowest BCUT2D eigenvalue weighted by Gasteiger charge is -2.22. The highest BCUT2D eigenvalue weighted by molar-refractivity contribution is 14.0. The van der Waals surface area contributed by atoms with Gasteiger partial charge in [-0.3, -0.25) is 9.39 Å². The number of halogens is 1. The summed E-state index contributed by atoms with van der Waals surface area (Å²) in [7, 11) is 3.86. The molecule has 5 nitrogen and oxygen atoms in total. The minimum atomic E-state index is 0. The molecule has 1 aromatic carbocycles. The van der Waals surface area contributed by atoms with Crippen molar-refractivity contribution < 1.29 is 0 Å². The highest BCUT2D eigenvalue weighted by atomic mass is 127. The highest BCUT2D eigenvalue weighted by Gasteiger charge is 2.09. The third-order valence-electron chi connectivity index (χ3n) is 3.81. The molecule has 0 saturated heterocycles. The van der Waals surface area contributed by atoms with Gasteiger partial charge in [0.15, 0.2) is 10.9 Å². The predicted molar refractivity (Wildman–Crippen MR) is 111 cm³/mol. The summed E-state index contributed by atoms with van der Waals surface area (Å²) in [5.74, 6) is 0.865. The third kappa shape index (κ3) is 4.27. The Kier molecular flexibility index (Phi) is 6.61. The topological polar surface area (TPSA) is 44.9 Å². The minimum Gasteiger partial charge on any atom is -0.351 e. The molecule has 0 atom stereocenters. The Hall–Kier alpha value is -1.61. The molecule has 0 aliphatic heterocycles. The van der Waals surface area contributed by atoms with Crippen LogP contribution < -0.4 is 5.32 Å². The summed E-state index contributed by atoms with van der Waals surface area (Å²) >= 11 is 1.64. The van der Waals surface area contributed by atoms with E-state index in [4.69, 9.17) is 0 Å². The summed E-state index contributed by atoms with van der Waals surface area (Å²) in [4.78, 5) is 12.1. The predicted octanol–water partition coefficient (Wildman–Crippen LogP) is 3.53. The van der Waals surface area contributed by atoms with Gasteiger partial charge in [0.1, 0.15) is 0 Å². The molecule has 2 heterocycles. The van der Waals surface area contributed by atoms with Gasteiger partial charge in [-0.2, -0.15) is 0 Å². The number of hydrogen-bond donors (Lipinski definition) is 1. The van der Waals surface area contributed by atoms with E-state index in [0.717, 1.165) is 23.2 Å². The van der Waals surface area contributed by atoms with Gasteiger partial charge in [0.25, 0.3) is 0 Å². The second-order valence-corrected chi connectivity index (χ2v) is 6.38. The molecule has 0 fully saturated rings. The Morgan fingerprint density at radius 3 is 2.88 bits per heavy atom. The number of aliphatic imine (C=N–C) groups is 1. The Morgan fingerprint density at radius 1 is 1.38 bits per heavy atom. The molecular formula is C17H22IN5S. The molecule has 0 aliphatic carbocycles. The second-order valence-electron chi connectivity index (χ2n) is 5.51. The standard InChI is InChI=1S/C17H21N5S.HI/c1-13-6-4-5-7-14(13)11-21(3)16(18-2)19-10-15-12-22-8-9-23-17(22)20-15;/h4-9,12H,10-11H2,1-3H3,(H,18,19);1H. The van der Waals surface area contributed by atoms with Gasteiger partial charge in [-0.25, -0.2) is 4.98 Å². The van der Waals surface area contributed by atoms with Gasteiger partial charge in [0.05, 0.1) is 12.2 Å². The zero-order valence-electron chi connectivity index (χ0n) is 14.1. The van der Waals surface area contributed by atoms with Crippen molar-refractivity contribution >= 4 is 46.2 Å². The van der Waals surface area contributed by atoms with Gasteiger partial charge >= 0.3 is 0 Å². The van der Waals surface area contributed by atoms with E-state index < -0.39 is 0 Å². The van der Waals surface area contributed by atoms with Crippen molar-refractivity contribution in [1.82, 2.24) is 19.6 Å². The van der Waals surface area contributed by atoms with Crippen molar-refractivity contribution in [2.24, 2.45) is 4.99 Å². The highest BCUT2D eigenvalue weighted by Crippen LogP contribution is 2.12. The van der Waals surface area contributed by atoms with Crippen LogP contribution in [0.4, 0.5) is 0 Å². The van der Waals surface area contributed by atoms with Gasteiger partial charge in [0, 0.05) is 38.4 Å². The number of aromatic nitrogens is 2. The van der Waals surface area contributed by atoms with Crippen LogP contribution in [0.3, 0.4) is 0 Å². The molecular weight excluding hydrogens is 433 g/mol. The first-order valence-corrected chi connectivity index (χ1v) is 8.42. The molecule has 0 bridgehead atoms. The number of nitrogens with one attached hydrogen (secondary N) is 1. The fourth-order valence-corrected chi connectivity index (χ4v) is 3.25. The summed E-state index contributed by atoms with van der Waals surface area (Å²) in [6.45, 7) is 3.63. The van der Waals surface area contributed by atoms with E-state index in [0.29, 0.717) is 6.54 Å². The largest absolute Gasteiger partial charge is 0.351 e. The van der Waals surface area contributed by atoms with E-state index in [-0.39, 0.29) is 24.0 Å². The third-order valence-corrected chi connectivity index (χ3v) is 4.58. The molecule has 24 heavy (non-hydrogen) atoms. The second kappa shape index (κ2) is 8.48. The smallest absolute Gasteiger partial charge is 0.194 e. The van der Waals surface area contributed by atoms with Gasteiger partial charge in [0.2, 0.25) is 0 Å². The van der Waals surface area contributed by atoms with Gasteiger partial charge in [-0.05, 0) is 18.1 Å². The maximum Gasteiger partial charge on any atom is 0.194 e. The van der Waals surface area contributed by atoms with Crippen molar-refractivity contribution in [2.45, 2.75) is 20.0 Å². The zero-order valence-corrected chi connectivity index (χ0v) is 17.2. The molecule has 0 amide bonds. The van der Waals surface area contributed by atoms with Gasteiger partial charge in [-0.1, -0.05) is 24.3 Å². The molecule has 128 valence electrons. The molecule has 2 aromatic heterocycles. The summed E-state index contributed by atoms with van der Waals surface area (Å²) in [6.07, 6.45) is 4.07. The maximum absolute atomic E-state index is 4.58. The molecule has 3 rings (SSSR count). The van der Waals surface area contributed by atoms with Crippen LogP contribution in [0.15, 0.2) is 47.0 Å². The van der Waals surface area contributed by atoms with Crippen molar-refractivity contribution in [1.29, 1.82) is 0 Å². The van der Waals surface area contributed by atoms with Crippen LogP contribution in [-0.4, -0.2) is 34.3 Å². The molecule has 0 unspecified atom stereocenters. The molecule has 0 radical (unpaired) electrons. The average Bonchev–Trinajstić information content (AvgIpc) is 3.11. The monoisotopic (exact) mass is 455 g/mol. The number of nitrogens with zero attached hydrogens (tertiary/aromatic N) is 4. The Bertz CT molecular complexity index is 795. The molecule has 7 heteroatoms. The number of aryl methyl sites for hydroxylation is 1. The molecule has 0 spiro atoms. The number of benzene rings is 1. The summed E-state index contributed by atoms with van der Waals surface area (Å²) < 4.78 is 2.04. The fraction of sp³-hybridized carbons (Fsp3) is 0.294. The van der Waals surface area contributed by atoms with Crippen LogP contribution in [0.2, 0.25) is 0 Å². The average molecular weight is 455 g/mol. The minimum absolute atomic E-state index is 0. The normalized spacial score (nSPS) is 11.4. The maximum atomic E-state index is 4.58. The summed E-state index contributed by atoms with van der Waals surface area (Å²) in [6, 6.07) is 8.43. The van der Waals surface area contributed by atoms with Crippen LogP contribution in [-0.2, 0) is 13.1 Å². The SMILES string of the molecule is CN=C(NCc1cn2ccsc2n1)N(C)Cc1ccccc1C.I. The zero-order chi connectivity index (χ0) is 16.2. The number of guanidine groups is 1. The van der Waals surface area contributed by atoms with Crippen LogP contribution in [0, 0.1) is 6.92 Å². The van der Waals surface area contributed by atoms with Gasteiger partial charge < -0.3 is 10.2 Å². The lowest BCUT2D eigenvalue weighted by molar-refractivity contribution is 0.475. The number of fused-ring (bicyclic) bond motifs is 1. The van der Waals surface area contributed by atoms with Crippen LogP contribution in [0.5, 0.6) is 0 Å². The lowest BCUT2D eigenvalue weighted by atomic mass is 10.1. The van der Waals surface area contributed by atoms with Crippen molar-refractivity contribution in [3.63, 3.8) is 0 Å². The van der Waals surface area contributed by atoms with Gasteiger partial charge in [-0.15, -0.1) is 35.3 Å². The van der Waals surface area contributed by atoms with E-state index in [9.17, 15) is 0 Å². The van der Waals surface area contributed by atoms with E-state index in [2.05, 4.69) is 51.4 Å². The number of hydrogen-bond acceptors (Lipinski definition) is 3. The number of thiazole rings is 1. The van der Waals surface area contributed by atoms with Crippen LogP contribution >= 0.6 is 35.3 Å². The first kappa shape index (κ1) is 18.7. The Morgan fingerprint density at radius 2 is 2.17 bits per heavy atom. The molecule has 3 aromatic rings. The van der Waals surface area contributed by atoms with E-state index in [1.165, 1.54) is 11.1 Å². The molecule has 0 saturated carbocycles. The summed E-state index contributed by atoms with van der Waals surface area (Å²) in [5, 5.41) is 5.42. The Labute approximate surface area is 163 Å². The summed E-state index contributed by atoms with van der Waals surface area (Å²) in [5.41, 5.74) is 3.62. The van der Waals surface area contributed by atoms with E-state index >= 15 is 0 Å². The van der Waals surface area contributed by atoms with Crippen molar-refractivity contribution in [3.05, 3.63) is 58.9 Å². The van der Waals surface area contributed by atoms with Crippen molar-refractivity contribution in [3.8, 4) is 0 Å². The lowest BCUT2D eigenvalue weighted by Crippen LogP contribution is -2.38. The first-order chi connectivity index (χ1) is 11.2. The van der Waals surface area contributed by atoms with Crippen LogP contribution in [0.25, 0.3) is 4.96 Å². The van der Waals surface area contributed by atoms with E-state index in [1.807, 2.05) is 36.3 Å². The molecule has 1 N–H and O–H groups in total.